The second kappa shape index (κ2) is 13.4. The lowest BCUT2D eigenvalue weighted by Crippen LogP contribution is -2.71. The number of carbonyl (C=O) groups is 4. The largest absolute Gasteiger partial charge is 0.481 e. The Labute approximate surface area is 277 Å². The Balaban J connectivity index is 1.42. The van der Waals surface area contributed by atoms with Gasteiger partial charge in [-0.3, -0.25) is 19.4 Å². The number of piperidine rings is 3. The number of piperazine rings is 1. The molecule has 5 unspecified atom stereocenters. The van der Waals surface area contributed by atoms with Gasteiger partial charge >= 0.3 is 11.9 Å². The third-order valence-corrected chi connectivity index (χ3v) is 11.2. The molecular weight excluding hydrogens is 631 g/mol. The van der Waals surface area contributed by atoms with Crippen LogP contribution in [0.15, 0.2) is 60.3 Å². The summed E-state index contributed by atoms with van der Waals surface area (Å²) in [6.07, 6.45) is 3.90. The molecule has 7 rings (SSSR count). The minimum absolute atomic E-state index is 0.0925. The summed E-state index contributed by atoms with van der Waals surface area (Å²) >= 11 is 13.2. The highest BCUT2D eigenvalue weighted by Crippen LogP contribution is 2.49. The van der Waals surface area contributed by atoms with Crippen molar-refractivity contribution < 1.29 is 29.4 Å². The number of hydrogen-bond donors (Lipinski definition) is 3. The van der Waals surface area contributed by atoms with Crippen LogP contribution in [0.25, 0.3) is 0 Å². The maximum Gasteiger partial charge on any atom is 0.333 e. The van der Waals surface area contributed by atoms with Crippen molar-refractivity contribution in [3.05, 3.63) is 81.5 Å². The van der Waals surface area contributed by atoms with E-state index in [0.717, 1.165) is 19.6 Å². The number of benzene rings is 2. The fourth-order valence-electron chi connectivity index (χ4n) is 8.31. The van der Waals surface area contributed by atoms with Crippen molar-refractivity contribution in [3.63, 3.8) is 0 Å². The molecule has 10 nitrogen and oxygen atoms in total. The van der Waals surface area contributed by atoms with Crippen molar-refractivity contribution in [1.29, 1.82) is 0 Å². The number of carbonyl (C=O) groups excluding carboxylic acids is 2. The van der Waals surface area contributed by atoms with Crippen molar-refractivity contribution >= 4 is 47.2 Å². The molecule has 5 aliphatic heterocycles. The Kier molecular flexibility index (Phi) is 9.55. The Bertz CT molecular complexity index is 1500. The molecule has 2 aromatic rings. The number of aliphatic carboxylic acids is 2. The van der Waals surface area contributed by atoms with Crippen LogP contribution in [0.4, 0.5) is 0 Å². The Morgan fingerprint density at radius 3 is 2.13 bits per heavy atom. The van der Waals surface area contributed by atoms with E-state index in [1.165, 1.54) is 31.2 Å². The first-order valence-corrected chi connectivity index (χ1v) is 16.5. The van der Waals surface area contributed by atoms with E-state index in [-0.39, 0.29) is 33.4 Å². The van der Waals surface area contributed by atoms with Gasteiger partial charge in [0.2, 0.25) is 0 Å². The lowest BCUT2D eigenvalue weighted by molar-refractivity contribution is -0.149. The Morgan fingerprint density at radius 1 is 0.935 bits per heavy atom. The van der Waals surface area contributed by atoms with Gasteiger partial charge in [0.05, 0.1) is 23.1 Å². The second-order valence-electron chi connectivity index (χ2n) is 12.8. The van der Waals surface area contributed by atoms with Crippen LogP contribution in [-0.2, 0) is 14.4 Å². The van der Waals surface area contributed by atoms with Crippen LogP contribution in [0, 0.1) is 11.8 Å². The molecule has 5 heterocycles. The van der Waals surface area contributed by atoms with Crippen LogP contribution >= 0.6 is 23.2 Å². The van der Waals surface area contributed by atoms with Gasteiger partial charge in [0.1, 0.15) is 6.29 Å². The number of aldehydes is 1. The van der Waals surface area contributed by atoms with Crippen LogP contribution in [0.5, 0.6) is 0 Å². The average Bonchev–Trinajstić information content (AvgIpc) is 3.06. The summed E-state index contributed by atoms with van der Waals surface area (Å²) in [6, 6.07) is 12.4. The van der Waals surface area contributed by atoms with E-state index in [9.17, 15) is 29.4 Å². The Morgan fingerprint density at radius 2 is 1.59 bits per heavy atom. The quantitative estimate of drug-likeness (QED) is 0.255. The van der Waals surface area contributed by atoms with Gasteiger partial charge in [-0.15, -0.1) is 0 Å². The zero-order chi connectivity index (χ0) is 32.6. The maximum atomic E-state index is 13.9. The third-order valence-electron chi connectivity index (χ3n) is 10.6. The molecule has 0 spiro atoms. The van der Waals surface area contributed by atoms with Crippen molar-refractivity contribution in [2.45, 2.75) is 42.8 Å². The van der Waals surface area contributed by atoms with E-state index in [1.54, 1.807) is 36.4 Å². The molecular formula is C34H38Cl2N4O6. The van der Waals surface area contributed by atoms with E-state index in [0.29, 0.717) is 50.0 Å². The first-order chi connectivity index (χ1) is 22.1. The van der Waals surface area contributed by atoms with Gasteiger partial charge in [-0.25, -0.2) is 4.79 Å². The van der Waals surface area contributed by atoms with Crippen LogP contribution in [0.1, 0.15) is 41.1 Å². The number of ketones is 1. The van der Waals surface area contributed by atoms with Crippen LogP contribution in [0.2, 0.25) is 10.0 Å². The summed E-state index contributed by atoms with van der Waals surface area (Å²) in [7, 11) is 0. The van der Waals surface area contributed by atoms with Gasteiger partial charge in [-0.05, 0) is 49.5 Å². The molecule has 3 N–H and O–H groups in total. The first-order valence-electron chi connectivity index (χ1n) is 15.8. The molecule has 4 fully saturated rings. The third kappa shape index (κ3) is 5.97. The monoisotopic (exact) mass is 668 g/mol. The Hall–Kier alpha value is -3.28. The number of Topliss-reactive ketones (excluding diaryl/α,β-unsaturated/α-hetero) is 1. The second-order valence-corrected chi connectivity index (χ2v) is 13.7. The summed E-state index contributed by atoms with van der Waals surface area (Å²) in [6.45, 7) is 5.65. The average molecular weight is 670 g/mol. The standard InChI is InChI=1S/C34H38Cl2N4O6/c35-24-7-4-8-25(36)30(24)29-23(32(43)44)18-37-34(31(29)33(45)46,17-27(42)22-5-2-1-3-6-22)28(20-41)40-15-13-39(14-16-40)26-19-38-11-9-21(26)10-12-38/h1-8,18,20-21,26,28-29,31,37H,9-17,19H2,(H,43,44)(H,45,46). The molecule has 4 saturated heterocycles. The smallest absolute Gasteiger partial charge is 0.333 e. The maximum absolute atomic E-state index is 13.9. The number of hydrogen-bond acceptors (Lipinski definition) is 8. The van der Waals surface area contributed by atoms with Crippen molar-refractivity contribution in [2.24, 2.45) is 11.8 Å². The van der Waals surface area contributed by atoms with Gasteiger partial charge in [0.25, 0.3) is 0 Å². The van der Waals surface area contributed by atoms with Crippen molar-refractivity contribution in [1.82, 2.24) is 20.0 Å². The molecule has 5 aliphatic rings. The summed E-state index contributed by atoms with van der Waals surface area (Å²) in [5.74, 6) is -5.45. The molecule has 0 aromatic heterocycles. The fraction of sp³-hybridized carbons (Fsp3) is 0.471. The molecule has 12 heteroatoms. The zero-order valence-corrected chi connectivity index (χ0v) is 26.9. The molecule has 0 aliphatic carbocycles. The molecule has 0 saturated carbocycles. The van der Waals surface area contributed by atoms with Crippen LogP contribution < -0.4 is 5.32 Å². The number of rotatable bonds is 10. The predicted octanol–water partition coefficient (Wildman–Crippen LogP) is 3.64. The topological polar surface area (TPSA) is 130 Å². The number of nitrogens with zero attached hydrogens (tertiary/aromatic N) is 3. The molecule has 0 radical (unpaired) electrons. The van der Waals surface area contributed by atoms with Crippen molar-refractivity contribution in [3.8, 4) is 0 Å². The number of carboxylic acid groups (broad SMARTS) is 2. The molecule has 0 amide bonds. The van der Waals surface area contributed by atoms with Crippen molar-refractivity contribution in [2.75, 3.05) is 45.8 Å². The van der Waals surface area contributed by atoms with E-state index in [2.05, 4.69) is 15.1 Å². The number of nitrogens with one attached hydrogen (secondary N) is 1. The number of fused-ring (bicyclic) bond motifs is 3. The van der Waals surface area contributed by atoms with E-state index >= 15 is 0 Å². The van der Waals surface area contributed by atoms with Crippen LogP contribution in [0.3, 0.4) is 0 Å². The highest BCUT2D eigenvalue weighted by molar-refractivity contribution is 6.36. The minimum atomic E-state index is -1.75. The fourth-order valence-corrected chi connectivity index (χ4v) is 8.94. The predicted molar refractivity (Wildman–Crippen MR) is 173 cm³/mol. The SMILES string of the molecule is O=CC(N1CCN(C2CN3CCC2CC3)CC1)C1(CC(=O)c2ccccc2)NC=C(C(=O)O)C(c2c(Cl)cccc2Cl)C1C(=O)O. The molecule has 2 aromatic carbocycles. The minimum Gasteiger partial charge on any atom is -0.481 e. The van der Waals surface area contributed by atoms with Gasteiger partial charge in [-0.2, -0.15) is 0 Å². The summed E-state index contributed by atoms with van der Waals surface area (Å²) < 4.78 is 0. The summed E-state index contributed by atoms with van der Waals surface area (Å²) in [5, 5.41) is 24.5. The molecule has 244 valence electrons. The van der Waals surface area contributed by atoms with Gasteiger partial charge < -0.3 is 25.2 Å². The van der Waals surface area contributed by atoms with Gasteiger partial charge in [0, 0.05) is 72.9 Å². The lowest BCUT2D eigenvalue weighted by atomic mass is 9.62. The molecule has 2 bridgehead atoms. The highest BCUT2D eigenvalue weighted by Gasteiger charge is 2.59. The number of carboxylic acids is 2. The number of halogens is 2. The van der Waals surface area contributed by atoms with E-state index in [1.807, 2.05) is 4.90 Å². The van der Waals surface area contributed by atoms with E-state index in [4.69, 9.17) is 23.2 Å². The highest BCUT2D eigenvalue weighted by atomic mass is 35.5. The summed E-state index contributed by atoms with van der Waals surface area (Å²) in [5.41, 5.74) is -1.54. The van der Waals surface area contributed by atoms with Gasteiger partial charge in [0.15, 0.2) is 5.78 Å². The first kappa shape index (κ1) is 32.7. The summed E-state index contributed by atoms with van der Waals surface area (Å²) in [4.78, 5) is 60.3. The molecule has 5 atom stereocenters. The van der Waals surface area contributed by atoms with Gasteiger partial charge in [-0.1, -0.05) is 59.6 Å². The zero-order valence-electron chi connectivity index (χ0n) is 25.4. The molecule has 46 heavy (non-hydrogen) atoms. The van der Waals surface area contributed by atoms with Crippen LogP contribution in [-0.4, -0.2) is 112 Å². The normalized spacial score (nSPS) is 30.6. The van der Waals surface area contributed by atoms with E-state index < -0.39 is 35.4 Å². The lowest BCUT2D eigenvalue weighted by Gasteiger charge is -2.54.